The smallest absolute Gasteiger partial charge is 0.0693 e. The third kappa shape index (κ3) is 3.78. The molecule has 0 unspecified atom stereocenters. The van der Waals surface area contributed by atoms with Crippen LogP contribution >= 0.6 is 23.2 Å². The Labute approximate surface area is 119 Å². The summed E-state index contributed by atoms with van der Waals surface area (Å²) < 4.78 is 0. The van der Waals surface area contributed by atoms with Crippen molar-refractivity contribution in [1.82, 2.24) is 5.32 Å². The highest BCUT2D eigenvalue weighted by molar-refractivity contribution is 6.38. The molecule has 1 aliphatic carbocycles. The number of hydrogen-bond acceptors (Lipinski definition) is 2. The van der Waals surface area contributed by atoms with Crippen LogP contribution in [0.3, 0.4) is 0 Å². The maximum absolute atomic E-state index is 6.03. The van der Waals surface area contributed by atoms with Gasteiger partial charge in [0.25, 0.3) is 0 Å². The fourth-order valence-corrected chi connectivity index (χ4v) is 3.02. The summed E-state index contributed by atoms with van der Waals surface area (Å²) in [4.78, 5) is 0. The number of nitrogens with one attached hydrogen (secondary N) is 1. The van der Waals surface area contributed by atoms with E-state index in [4.69, 9.17) is 28.9 Å². The van der Waals surface area contributed by atoms with Crippen molar-refractivity contribution in [1.29, 1.82) is 0 Å². The molecule has 4 heteroatoms. The van der Waals surface area contributed by atoms with Crippen molar-refractivity contribution < 1.29 is 0 Å². The van der Waals surface area contributed by atoms with E-state index in [0.29, 0.717) is 21.8 Å². The molecule has 0 radical (unpaired) electrons. The topological polar surface area (TPSA) is 38.0 Å². The minimum atomic E-state index is 0.469. The molecule has 3 N–H and O–H groups in total. The number of hydrogen-bond donors (Lipinski definition) is 2. The van der Waals surface area contributed by atoms with Gasteiger partial charge in [0, 0.05) is 12.6 Å². The second-order valence-corrected chi connectivity index (χ2v) is 5.86. The summed E-state index contributed by atoms with van der Waals surface area (Å²) in [7, 11) is 0. The molecule has 0 amide bonds. The van der Waals surface area contributed by atoms with Crippen LogP contribution < -0.4 is 11.1 Å². The summed E-state index contributed by atoms with van der Waals surface area (Å²) in [5, 5.41) is 4.68. The van der Waals surface area contributed by atoms with Gasteiger partial charge < -0.3 is 11.1 Å². The van der Waals surface area contributed by atoms with E-state index in [2.05, 4.69) is 5.32 Å². The number of anilines is 1. The Morgan fingerprint density at radius 3 is 2.17 bits per heavy atom. The number of nitrogen functional groups attached to an aromatic ring is 1. The first-order valence-corrected chi connectivity index (χ1v) is 7.39. The highest BCUT2D eigenvalue weighted by atomic mass is 35.5. The number of halogens is 2. The SMILES string of the molecule is Nc1c(Cl)cc(CNC2CCCCCC2)cc1Cl. The van der Waals surface area contributed by atoms with Crippen LogP contribution in [0.15, 0.2) is 12.1 Å². The second-order valence-electron chi connectivity index (χ2n) is 5.04. The Bertz CT molecular complexity index is 376. The molecule has 1 aromatic carbocycles. The Kier molecular flexibility index (Phi) is 5.16. The van der Waals surface area contributed by atoms with Gasteiger partial charge in [-0.05, 0) is 30.5 Å². The van der Waals surface area contributed by atoms with Crippen molar-refractivity contribution in [3.63, 3.8) is 0 Å². The second kappa shape index (κ2) is 6.65. The van der Waals surface area contributed by atoms with Gasteiger partial charge in [0.05, 0.1) is 15.7 Å². The van der Waals surface area contributed by atoms with Crippen LogP contribution in [0.4, 0.5) is 5.69 Å². The molecular formula is C14H20Cl2N2. The van der Waals surface area contributed by atoms with Crippen LogP contribution in [0.1, 0.15) is 44.1 Å². The Morgan fingerprint density at radius 2 is 1.61 bits per heavy atom. The first-order valence-electron chi connectivity index (χ1n) is 6.63. The van der Waals surface area contributed by atoms with Gasteiger partial charge in [0.2, 0.25) is 0 Å². The summed E-state index contributed by atoms with van der Waals surface area (Å²) >= 11 is 12.1. The van der Waals surface area contributed by atoms with Gasteiger partial charge in [-0.2, -0.15) is 0 Å². The van der Waals surface area contributed by atoms with Gasteiger partial charge in [-0.3, -0.25) is 0 Å². The van der Waals surface area contributed by atoms with Gasteiger partial charge in [-0.15, -0.1) is 0 Å². The highest BCUT2D eigenvalue weighted by Gasteiger charge is 2.12. The lowest BCUT2D eigenvalue weighted by Crippen LogP contribution is -2.27. The molecule has 0 aromatic heterocycles. The van der Waals surface area contributed by atoms with Crippen LogP contribution in [0, 0.1) is 0 Å². The van der Waals surface area contributed by atoms with E-state index in [1.165, 1.54) is 38.5 Å². The predicted octanol–water partition coefficient (Wildman–Crippen LogP) is 4.39. The predicted molar refractivity (Wildman–Crippen MR) is 79.2 cm³/mol. The zero-order chi connectivity index (χ0) is 13.0. The zero-order valence-corrected chi connectivity index (χ0v) is 12.0. The van der Waals surface area contributed by atoms with Crippen LogP contribution in [-0.2, 0) is 6.54 Å². The molecule has 1 saturated carbocycles. The molecule has 0 heterocycles. The molecule has 0 aliphatic heterocycles. The normalized spacial score (nSPS) is 17.7. The molecule has 1 aromatic rings. The molecular weight excluding hydrogens is 267 g/mol. The number of rotatable bonds is 3. The van der Waals surface area contributed by atoms with E-state index in [0.717, 1.165) is 12.1 Å². The number of benzene rings is 1. The van der Waals surface area contributed by atoms with E-state index >= 15 is 0 Å². The molecule has 2 rings (SSSR count). The molecule has 0 spiro atoms. The molecule has 0 bridgehead atoms. The van der Waals surface area contributed by atoms with Crippen molar-refractivity contribution in [3.8, 4) is 0 Å². The average molecular weight is 287 g/mol. The summed E-state index contributed by atoms with van der Waals surface area (Å²) in [6, 6.07) is 4.42. The van der Waals surface area contributed by atoms with E-state index in [-0.39, 0.29) is 0 Å². The summed E-state index contributed by atoms with van der Waals surface area (Å²) in [5.41, 5.74) is 7.30. The van der Waals surface area contributed by atoms with Gasteiger partial charge >= 0.3 is 0 Å². The van der Waals surface area contributed by atoms with Crippen LogP contribution in [0.25, 0.3) is 0 Å². The Hall–Kier alpha value is -0.440. The van der Waals surface area contributed by atoms with Crippen LogP contribution in [-0.4, -0.2) is 6.04 Å². The van der Waals surface area contributed by atoms with Crippen molar-refractivity contribution in [2.24, 2.45) is 0 Å². The van der Waals surface area contributed by atoms with Gasteiger partial charge in [-0.1, -0.05) is 48.9 Å². The lowest BCUT2D eigenvalue weighted by Gasteiger charge is -2.16. The highest BCUT2D eigenvalue weighted by Crippen LogP contribution is 2.29. The van der Waals surface area contributed by atoms with Crippen LogP contribution in [0.5, 0.6) is 0 Å². The van der Waals surface area contributed by atoms with E-state index in [9.17, 15) is 0 Å². The first kappa shape index (κ1) is 14.0. The fraction of sp³-hybridized carbons (Fsp3) is 0.571. The fourth-order valence-electron chi connectivity index (χ4n) is 2.48. The van der Waals surface area contributed by atoms with Crippen molar-refractivity contribution in [3.05, 3.63) is 27.7 Å². The molecule has 100 valence electrons. The third-order valence-electron chi connectivity index (χ3n) is 3.59. The summed E-state index contributed by atoms with van der Waals surface area (Å²) in [5.74, 6) is 0. The quantitative estimate of drug-likeness (QED) is 0.639. The molecule has 18 heavy (non-hydrogen) atoms. The lowest BCUT2D eigenvalue weighted by molar-refractivity contribution is 0.459. The average Bonchev–Trinajstić information content (AvgIpc) is 2.61. The van der Waals surface area contributed by atoms with Crippen LogP contribution in [0.2, 0.25) is 10.0 Å². The third-order valence-corrected chi connectivity index (χ3v) is 4.21. The Balaban J connectivity index is 1.93. The molecule has 0 saturated heterocycles. The first-order chi connectivity index (χ1) is 8.66. The van der Waals surface area contributed by atoms with E-state index in [1.54, 1.807) is 0 Å². The number of nitrogens with two attached hydrogens (primary N) is 1. The van der Waals surface area contributed by atoms with Crippen molar-refractivity contribution in [2.45, 2.75) is 51.1 Å². The largest absolute Gasteiger partial charge is 0.396 e. The van der Waals surface area contributed by atoms with E-state index < -0.39 is 0 Å². The van der Waals surface area contributed by atoms with Crippen molar-refractivity contribution >= 4 is 28.9 Å². The minimum Gasteiger partial charge on any atom is -0.396 e. The standard InChI is InChI=1S/C14H20Cl2N2/c15-12-7-10(8-13(16)14(12)17)9-18-11-5-3-1-2-4-6-11/h7-8,11,18H,1-6,9,17H2. The monoisotopic (exact) mass is 286 g/mol. The van der Waals surface area contributed by atoms with E-state index in [1.807, 2.05) is 12.1 Å². The summed E-state index contributed by atoms with van der Waals surface area (Å²) in [6.45, 7) is 0.810. The molecule has 0 atom stereocenters. The zero-order valence-electron chi connectivity index (χ0n) is 10.5. The Morgan fingerprint density at radius 1 is 1.06 bits per heavy atom. The van der Waals surface area contributed by atoms with Gasteiger partial charge in [0.15, 0.2) is 0 Å². The maximum atomic E-state index is 6.03. The van der Waals surface area contributed by atoms with Gasteiger partial charge in [-0.25, -0.2) is 0 Å². The minimum absolute atomic E-state index is 0.469. The molecule has 1 fully saturated rings. The summed E-state index contributed by atoms with van der Waals surface area (Å²) in [6.07, 6.45) is 7.96. The molecule has 1 aliphatic rings. The lowest BCUT2D eigenvalue weighted by atomic mass is 10.1. The maximum Gasteiger partial charge on any atom is 0.0693 e. The van der Waals surface area contributed by atoms with Crippen molar-refractivity contribution in [2.75, 3.05) is 5.73 Å². The van der Waals surface area contributed by atoms with Gasteiger partial charge in [0.1, 0.15) is 0 Å². The molecule has 2 nitrogen and oxygen atoms in total.